The first-order valence-corrected chi connectivity index (χ1v) is 7.70. The van der Waals surface area contributed by atoms with Gasteiger partial charge in [0.05, 0.1) is 19.9 Å². The Labute approximate surface area is 142 Å². The number of nitrogens with one attached hydrogen (secondary N) is 2. The Hall–Kier alpha value is -2.09. The zero-order valence-corrected chi connectivity index (χ0v) is 14.2. The molecule has 2 N–H and O–H groups in total. The second kappa shape index (κ2) is 8.38. The van der Waals surface area contributed by atoms with Crippen molar-refractivity contribution in [3.8, 4) is 5.75 Å². The molecule has 0 aliphatic heterocycles. The van der Waals surface area contributed by atoms with Crippen LogP contribution < -0.4 is 15.5 Å². The zero-order chi connectivity index (χ0) is 15.8. The summed E-state index contributed by atoms with van der Waals surface area (Å²) in [4.78, 5) is 11.7. The number of carbonyl (C=O) groups is 1. The van der Waals surface area contributed by atoms with E-state index < -0.39 is 0 Å². The maximum absolute atomic E-state index is 11.7. The van der Waals surface area contributed by atoms with Crippen LogP contribution in [0.1, 0.15) is 5.56 Å². The fourth-order valence-electron chi connectivity index (χ4n) is 1.69. The molecule has 0 unspecified atom stereocenters. The van der Waals surface area contributed by atoms with E-state index >= 15 is 0 Å². The molecule has 0 saturated heterocycles. The highest BCUT2D eigenvalue weighted by atomic mass is 127. The third kappa shape index (κ3) is 5.36. The molecule has 0 aliphatic carbocycles. The topological polar surface area (TPSA) is 62.7 Å². The van der Waals surface area contributed by atoms with Crippen molar-refractivity contribution in [1.29, 1.82) is 0 Å². The summed E-state index contributed by atoms with van der Waals surface area (Å²) in [5, 5.41) is 6.95. The summed E-state index contributed by atoms with van der Waals surface area (Å²) in [6.07, 6.45) is 1.57. The molecule has 114 valence electrons. The first-order valence-electron chi connectivity index (χ1n) is 6.63. The number of nitrogens with zero attached hydrogens (tertiary/aromatic N) is 1. The molecule has 1 amide bonds. The highest BCUT2D eigenvalue weighted by molar-refractivity contribution is 14.1. The third-order valence-corrected chi connectivity index (χ3v) is 3.51. The summed E-state index contributed by atoms with van der Waals surface area (Å²) in [6, 6.07) is 15.2. The van der Waals surface area contributed by atoms with Crippen molar-refractivity contribution >= 4 is 40.4 Å². The van der Waals surface area contributed by atoms with Gasteiger partial charge in [0.2, 0.25) is 0 Å². The van der Waals surface area contributed by atoms with Gasteiger partial charge in [0, 0.05) is 9.26 Å². The fraction of sp³-hybridized carbons (Fsp3) is 0.125. The van der Waals surface area contributed by atoms with E-state index in [0.717, 1.165) is 20.6 Å². The van der Waals surface area contributed by atoms with Crippen LogP contribution in [0, 0.1) is 3.57 Å². The molecule has 0 saturated carbocycles. The van der Waals surface area contributed by atoms with Crippen molar-refractivity contribution in [3.05, 3.63) is 57.7 Å². The second-order valence-corrected chi connectivity index (χ2v) is 5.68. The number of methoxy groups -OCH3 is 1. The molecule has 2 rings (SSSR count). The molecule has 6 heteroatoms. The monoisotopic (exact) mass is 409 g/mol. The average molecular weight is 409 g/mol. The summed E-state index contributed by atoms with van der Waals surface area (Å²) in [5.41, 5.74) is 4.22. The van der Waals surface area contributed by atoms with E-state index in [4.69, 9.17) is 4.74 Å². The number of ether oxygens (including phenoxy) is 1. The van der Waals surface area contributed by atoms with Gasteiger partial charge in [0.25, 0.3) is 5.91 Å². The quantitative estimate of drug-likeness (QED) is 0.438. The molecular weight excluding hydrogens is 393 g/mol. The van der Waals surface area contributed by atoms with E-state index in [0.29, 0.717) is 0 Å². The lowest BCUT2D eigenvalue weighted by Crippen LogP contribution is -2.25. The Kier molecular flexibility index (Phi) is 6.20. The molecule has 0 aliphatic rings. The van der Waals surface area contributed by atoms with Gasteiger partial charge in [-0.2, -0.15) is 5.10 Å². The zero-order valence-electron chi connectivity index (χ0n) is 12.0. The highest BCUT2D eigenvalue weighted by Crippen LogP contribution is 2.11. The van der Waals surface area contributed by atoms with Gasteiger partial charge in [-0.25, -0.2) is 5.43 Å². The number of anilines is 1. The number of benzene rings is 2. The lowest BCUT2D eigenvalue weighted by Gasteiger charge is -2.05. The van der Waals surface area contributed by atoms with Crippen LogP contribution in [0.4, 0.5) is 5.69 Å². The summed E-state index contributed by atoms with van der Waals surface area (Å²) >= 11 is 2.23. The lowest BCUT2D eigenvalue weighted by molar-refractivity contribution is -0.119. The number of hydrogen-bond donors (Lipinski definition) is 2. The number of hydrogen-bond acceptors (Lipinski definition) is 4. The Balaban J connectivity index is 1.79. The van der Waals surface area contributed by atoms with Crippen molar-refractivity contribution in [3.63, 3.8) is 0 Å². The molecule has 0 spiro atoms. The molecule has 0 aromatic heterocycles. The molecule has 0 fully saturated rings. The molecule has 5 nitrogen and oxygen atoms in total. The van der Waals surface area contributed by atoms with Crippen LogP contribution in [0.5, 0.6) is 5.75 Å². The largest absolute Gasteiger partial charge is 0.497 e. The van der Waals surface area contributed by atoms with Crippen LogP contribution in [-0.4, -0.2) is 25.8 Å². The van der Waals surface area contributed by atoms with Crippen LogP contribution in [0.25, 0.3) is 0 Å². The predicted molar refractivity (Wildman–Crippen MR) is 96.4 cm³/mol. The third-order valence-electron chi connectivity index (χ3n) is 2.79. The van der Waals surface area contributed by atoms with Gasteiger partial charge >= 0.3 is 0 Å². The molecular formula is C16H16IN3O2. The first-order chi connectivity index (χ1) is 10.7. The minimum atomic E-state index is -0.210. The van der Waals surface area contributed by atoms with Crippen molar-refractivity contribution in [2.24, 2.45) is 5.10 Å². The minimum Gasteiger partial charge on any atom is -0.497 e. The summed E-state index contributed by atoms with van der Waals surface area (Å²) in [5.74, 6) is 0.536. The number of amides is 1. The maximum Gasteiger partial charge on any atom is 0.259 e. The summed E-state index contributed by atoms with van der Waals surface area (Å²) in [7, 11) is 1.61. The van der Waals surface area contributed by atoms with Gasteiger partial charge in [0.1, 0.15) is 5.75 Å². The van der Waals surface area contributed by atoms with Gasteiger partial charge in [-0.15, -0.1) is 0 Å². The molecule has 0 radical (unpaired) electrons. The van der Waals surface area contributed by atoms with E-state index in [1.54, 1.807) is 13.3 Å². The van der Waals surface area contributed by atoms with Crippen molar-refractivity contribution in [1.82, 2.24) is 5.43 Å². The van der Waals surface area contributed by atoms with Crippen LogP contribution in [0.2, 0.25) is 0 Å². The van der Waals surface area contributed by atoms with Gasteiger partial charge in [-0.05, 0) is 64.6 Å². The SMILES string of the molecule is COc1cccc(C=NNC(=O)CNc2ccc(I)cc2)c1. The van der Waals surface area contributed by atoms with Gasteiger partial charge in [-0.3, -0.25) is 4.79 Å². The maximum atomic E-state index is 11.7. The normalized spacial score (nSPS) is 10.5. The van der Waals surface area contributed by atoms with Crippen molar-refractivity contribution in [2.75, 3.05) is 19.0 Å². The Morgan fingerprint density at radius 3 is 2.77 bits per heavy atom. The molecule has 0 bridgehead atoms. The van der Waals surface area contributed by atoms with E-state index in [1.165, 1.54) is 0 Å². The number of carbonyl (C=O) groups excluding carboxylic acids is 1. The average Bonchev–Trinajstić information content (AvgIpc) is 2.54. The van der Waals surface area contributed by atoms with Gasteiger partial charge in [0.15, 0.2) is 0 Å². The predicted octanol–water partition coefficient (Wildman–Crippen LogP) is 2.86. The standard InChI is InChI=1S/C16H16IN3O2/c1-22-15-4-2-3-12(9-15)10-19-20-16(21)11-18-14-7-5-13(17)6-8-14/h2-10,18H,11H2,1H3,(H,20,21). The van der Waals surface area contributed by atoms with E-state index in [1.807, 2.05) is 48.5 Å². The number of halogens is 1. The summed E-state index contributed by atoms with van der Waals surface area (Å²) in [6.45, 7) is 0.163. The summed E-state index contributed by atoms with van der Waals surface area (Å²) < 4.78 is 6.27. The molecule has 2 aromatic rings. The molecule has 0 heterocycles. The Morgan fingerprint density at radius 2 is 2.05 bits per heavy atom. The molecule has 22 heavy (non-hydrogen) atoms. The van der Waals surface area contributed by atoms with Crippen molar-refractivity contribution < 1.29 is 9.53 Å². The van der Waals surface area contributed by atoms with Gasteiger partial charge in [-0.1, -0.05) is 12.1 Å². The number of hydrazone groups is 1. The van der Waals surface area contributed by atoms with E-state index in [-0.39, 0.29) is 12.5 Å². The highest BCUT2D eigenvalue weighted by Gasteiger charge is 1.99. The van der Waals surface area contributed by atoms with Crippen LogP contribution in [0.3, 0.4) is 0 Å². The van der Waals surface area contributed by atoms with E-state index in [9.17, 15) is 4.79 Å². The van der Waals surface area contributed by atoms with Gasteiger partial charge < -0.3 is 10.1 Å². The van der Waals surface area contributed by atoms with E-state index in [2.05, 4.69) is 38.4 Å². The Bertz CT molecular complexity index is 657. The number of rotatable bonds is 6. The Morgan fingerprint density at radius 1 is 1.27 bits per heavy atom. The molecule has 2 aromatic carbocycles. The smallest absolute Gasteiger partial charge is 0.259 e. The lowest BCUT2D eigenvalue weighted by atomic mass is 10.2. The van der Waals surface area contributed by atoms with Crippen LogP contribution in [0.15, 0.2) is 53.6 Å². The molecule has 0 atom stereocenters. The van der Waals surface area contributed by atoms with Crippen LogP contribution in [-0.2, 0) is 4.79 Å². The van der Waals surface area contributed by atoms with Crippen LogP contribution >= 0.6 is 22.6 Å². The second-order valence-electron chi connectivity index (χ2n) is 4.43. The minimum absolute atomic E-state index is 0.163. The fourth-order valence-corrected chi connectivity index (χ4v) is 2.05. The van der Waals surface area contributed by atoms with Crippen molar-refractivity contribution in [2.45, 2.75) is 0 Å². The first kappa shape index (κ1) is 16.3.